The number of anilines is 1. The molecule has 5 atom stereocenters. The SMILES string of the molecule is CCNC(=O)[C@H]1O[C@@H](n2cnc3c(N)nc(C#CC4(O)CCCCNC4=O)nc32)[C@@H](O)C1O. The van der Waals surface area contributed by atoms with Crippen molar-refractivity contribution < 1.29 is 29.6 Å². The number of nitrogens with one attached hydrogen (secondary N) is 2. The molecule has 7 N–H and O–H groups in total. The zero-order valence-electron chi connectivity index (χ0n) is 17.9. The summed E-state index contributed by atoms with van der Waals surface area (Å²) in [5, 5.41) is 36.6. The topological polar surface area (TPSA) is 198 Å². The van der Waals surface area contributed by atoms with Gasteiger partial charge in [0.15, 0.2) is 23.8 Å². The lowest BCUT2D eigenvalue weighted by atomic mass is 9.98. The molecule has 2 fully saturated rings. The Morgan fingerprint density at radius 2 is 2.18 bits per heavy atom. The van der Waals surface area contributed by atoms with Crippen molar-refractivity contribution in [3.8, 4) is 11.8 Å². The van der Waals surface area contributed by atoms with Crippen LogP contribution in [0.5, 0.6) is 0 Å². The normalized spacial score (nSPS) is 29.8. The van der Waals surface area contributed by atoms with E-state index in [2.05, 4.69) is 37.4 Å². The molecule has 13 heteroatoms. The maximum absolute atomic E-state index is 12.2. The summed E-state index contributed by atoms with van der Waals surface area (Å²) in [6.45, 7) is 2.51. The van der Waals surface area contributed by atoms with Crippen LogP contribution in [0, 0.1) is 11.8 Å². The molecule has 2 aromatic rings. The fourth-order valence-corrected chi connectivity index (χ4v) is 3.81. The summed E-state index contributed by atoms with van der Waals surface area (Å²) < 4.78 is 6.93. The molecule has 0 bridgehead atoms. The molecule has 2 aliphatic heterocycles. The van der Waals surface area contributed by atoms with E-state index < -0.39 is 42.0 Å². The standard InChI is InChI=1S/C20H25N7O6/c1-2-22-17(30)14-12(28)13(29)18(33-14)27-9-24-11-15(21)25-10(26-16(11)27)5-7-20(32)6-3-4-8-23-19(20)31/h9,12-14,18,28-29,32H,2-4,6,8H2,1H3,(H,22,30)(H,23,31)(H2,21,25,26)/t12?,13-,14-,18+,20?/m0/s1. The van der Waals surface area contributed by atoms with E-state index in [0.29, 0.717) is 19.5 Å². The third-order valence-corrected chi connectivity index (χ3v) is 5.58. The molecule has 0 aromatic carbocycles. The first-order chi connectivity index (χ1) is 15.7. The number of aliphatic hydroxyl groups is 3. The van der Waals surface area contributed by atoms with Crippen molar-refractivity contribution >= 4 is 28.8 Å². The highest BCUT2D eigenvalue weighted by Crippen LogP contribution is 2.32. The van der Waals surface area contributed by atoms with Crippen LogP contribution >= 0.6 is 0 Å². The van der Waals surface area contributed by atoms with Crippen LogP contribution in [0.4, 0.5) is 5.82 Å². The fourth-order valence-electron chi connectivity index (χ4n) is 3.81. The van der Waals surface area contributed by atoms with E-state index in [1.54, 1.807) is 6.92 Å². The zero-order valence-corrected chi connectivity index (χ0v) is 17.9. The molecule has 33 heavy (non-hydrogen) atoms. The number of rotatable bonds is 3. The first kappa shape index (κ1) is 22.9. The van der Waals surface area contributed by atoms with Gasteiger partial charge >= 0.3 is 0 Å². The summed E-state index contributed by atoms with van der Waals surface area (Å²) in [7, 11) is 0. The Morgan fingerprint density at radius 1 is 1.39 bits per heavy atom. The molecule has 4 rings (SSSR count). The molecule has 2 aliphatic rings. The molecular weight excluding hydrogens is 434 g/mol. The number of aliphatic hydroxyl groups excluding tert-OH is 2. The number of nitrogen functional groups attached to an aromatic ring is 1. The highest BCUT2D eigenvalue weighted by Gasteiger charge is 2.47. The summed E-state index contributed by atoms with van der Waals surface area (Å²) in [5.41, 5.74) is 4.44. The monoisotopic (exact) mass is 459 g/mol. The van der Waals surface area contributed by atoms with Crippen molar-refractivity contribution in [2.24, 2.45) is 0 Å². The second-order valence-electron chi connectivity index (χ2n) is 7.90. The molecule has 2 saturated heterocycles. The Morgan fingerprint density at radius 3 is 2.94 bits per heavy atom. The van der Waals surface area contributed by atoms with Crippen LogP contribution in [0.3, 0.4) is 0 Å². The molecule has 2 unspecified atom stereocenters. The van der Waals surface area contributed by atoms with Crippen LogP contribution in [0.2, 0.25) is 0 Å². The van der Waals surface area contributed by atoms with Gasteiger partial charge in [0, 0.05) is 13.1 Å². The number of ether oxygens (including phenoxy) is 1. The van der Waals surface area contributed by atoms with Gasteiger partial charge in [0.1, 0.15) is 17.7 Å². The van der Waals surface area contributed by atoms with E-state index in [-0.39, 0.29) is 29.2 Å². The number of aromatic nitrogens is 4. The number of hydrogen-bond acceptors (Lipinski definition) is 10. The quantitative estimate of drug-likeness (QED) is 0.268. The highest BCUT2D eigenvalue weighted by atomic mass is 16.6. The van der Waals surface area contributed by atoms with Gasteiger partial charge in [0.05, 0.1) is 6.33 Å². The average Bonchev–Trinajstić information content (AvgIpc) is 3.28. The molecule has 4 heterocycles. The fraction of sp³-hybridized carbons (Fsp3) is 0.550. The lowest BCUT2D eigenvalue weighted by molar-refractivity contribution is -0.137. The van der Waals surface area contributed by atoms with Crippen LogP contribution in [-0.4, -0.2) is 83.7 Å². The second kappa shape index (κ2) is 8.91. The zero-order chi connectivity index (χ0) is 23.8. The van der Waals surface area contributed by atoms with Gasteiger partial charge in [-0.25, -0.2) is 15.0 Å². The van der Waals surface area contributed by atoms with E-state index in [1.165, 1.54) is 10.9 Å². The van der Waals surface area contributed by atoms with Crippen LogP contribution in [-0.2, 0) is 14.3 Å². The van der Waals surface area contributed by atoms with E-state index in [1.807, 2.05) is 0 Å². The van der Waals surface area contributed by atoms with Gasteiger partial charge in [-0.15, -0.1) is 0 Å². The van der Waals surface area contributed by atoms with Gasteiger partial charge in [-0.1, -0.05) is 0 Å². The largest absolute Gasteiger partial charge is 0.387 e. The Bertz CT molecular complexity index is 1140. The predicted octanol–water partition coefficient (Wildman–Crippen LogP) is -2.45. The number of amides is 2. The van der Waals surface area contributed by atoms with Crippen molar-refractivity contribution in [2.75, 3.05) is 18.8 Å². The van der Waals surface area contributed by atoms with E-state index in [9.17, 15) is 24.9 Å². The van der Waals surface area contributed by atoms with E-state index in [4.69, 9.17) is 10.5 Å². The molecule has 2 aromatic heterocycles. The number of nitrogens with two attached hydrogens (primary N) is 1. The maximum Gasteiger partial charge on any atom is 0.264 e. The van der Waals surface area contributed by atoms with Gasteiger partial charge in [-0.05, 0) is 38.0 Å². The summed E-state index contributed by atoms with van der Waals surface area (Å²) in [6, 6.07) is 0. The first-order valence-electron chi connectivity index (χ1n) is 10.6. The third-order valence-electron chi connectivity index (χ3n) is 5.58. The first-order valence-corrected chi connectivity index (χ1v) is 10.6. The average molecular weight is 459 g/mol. The minimum atomic E-state index is -1.88. The van der Waals surface area contributed by atoms with Gasteiger partial charge in [0.25, 0.3) is 11.8 Å². The molecule has 2 amide bonds. The second-order valence-corrected chi connectivity index (χ2v) is 7.90. The van der Waals surface area contributed by atoms with Gasteiger partial charge < -0.3 is 36.4 Å². The van der Waals surface area contributed by atoms with Crippen molar-refractivity contribution in [3.63, 3.8) is 0 Å². The van der Waals surface area contributed by atoms with Gasteiger partial charge in [-0.3, -0.25) is 14.2 Å². The molecule has 0 radical (unpaired) electrons. The van der Waals surface area contributed by atoms with Crippen LogP contribution in [0.25, 0.3) is 11.2 Å². The lowest BCUT2D eigenvalue weighted by Gasteiger charge is -2.17. The van der Waals surface area contributed by atoms with Gasteiger partial charge in [0.2, 0.25) is 11.4 Å². The molecule has 176 valence electrons. The smallest absolute Gasteiger partial charge is 0.264 e. The van der Waals surface area contributed by atoms with Crippen LogP contribution < -0.4 is 16.4 Å². The number of nitrogens with zero attached hydrogens (tertiary/aromatic N) is 4. The van der Waals surface area contributed by atoms with Crippen molar-refractivity contribution in [1.29, 1.82) is 0 Å². The predicted molar refractivity (Wildman–Crippen MR) is 113 cm³/mol. The van der Waals surface area contributed by atoms with E-state index in [0.717, 1.165) is 6.42 Å². The molecule has 0 spiro atoms. The number of imidazole rings is 1. The van der Waals surface area contributed by atoms with Gasteiger partial charge in [-0.2, -0.15) is 0 Å². The van der Waals surface area contributed by atoms with Crippen LogP contribution in [0.1, 0.15) is 38.2 Å². The minimum absolute atomic E-state index is 0.0198. The molecule has 13 nitrogen and oxygen atoms in total. The number of likely N-dealkylation sites (N-methyl/N-ethyl adjacent to an activating group) is 1. The van der Waals surface area contributed by atoms with E-state index >= 15 is 0 Å². The number of carbonyl (C=O) groups excluding carboxylic acids is 2. The number of hydrogen-bond donors (Lipinski definition) is 6. The number of fused-ring (bicyclic) bond motifs is 1. The number of carbonyl (C=O) groups is 2. The minimum Gasteiger partial charge on any atom is -0.387 e. The highest BCUT2D eigenvalue weighted by molar-refractivity contribution is 5.89. The summed E-state index contributed by atoms with van der Waals surface area (Å²) in [4.78, 5) is 36.8. The van der Waals surface area contributed by atoms with Crippen LogP contribution in [0.15, 0.2) is 6.33 Å². The van der Waals surface area contributed by atoms with Crippen molar-refractivity contribution in [3.05, 3.63) is 12.2 Å². The Balaban J connectivity index is 1.68. The maximum atomic E-state index is 12.2. The summed E-state index contributed by atoms with van der Waals surface area (Å²) >= 11 is 0. The summed E-state index contributed by atoms with van der Waals surface area (Å²) in [6.07, 6.45) is -2.57. The Hall–Kier alpha value is -3.31. The summed E-state index contributed by atoms with van der Waals surface area (Å²) in [5.74, 6) is 3.89. The van der Waals surface area contributed by atoms with Crippen molar-refractivity contribution in [1.82, 2.24) is 30.2 Å². The third kappa shape index (κ3) is 4.21. The Kier molecular flexibility index (Phi) is 6.17. The Labute approximate surface area is 188 Å². The molecule has 0 saturated carbocycles. The lowest BCUT2D eigenvalue weighted by Crippen LogP contribution is -2.44. The van der Waals surface area contributed by atoms with Crippen molar-refractivity contribution in [2.45, 2.75) is 56.3 Å². The molecule has 0 aliphatic carbocycles. The molecular formula is C20H25N7O6.